The zero-order valence-corrected chi connectivity index (χ0v) is 11.6. The lowest BCUT2D eigenvalue weighted by molar-refractivity contribution is -0.139. The summed E-state index contributed by atoms with van der Waals surface area (Å²) in [6, 6.07) is 5.78. The molecule has 0 radical (unpaired) electrons. The molecule has 4 nitrogen and oxygen atoms in total. The van der Waals surface area contributed by atoms with Gasteiger partial charge in [-0.15, -0.1) is 0 Å². The van der Waals surface area contributed by atoms with Crippen molar-refractivity contribution in [3.8, 4) is 0 Å². The van der Waals surface area contributed by atoms with Crippen LogP contribution in [0.1, 0.15) is 37.7 Å². The van der Waals surface area contributed by atoms with Crippen LogP contribution in [0.2, 0.25) is 0 Å². The van der Waals surface area contributed by atoms with E-state index in [4.69, 9.17) is 5.11 Å². The van der Waals surface area contributed by atoms with E-state index >= 15 is 0 Å². The fraction of sp³-hybridized carbons (Fsp3) is 0.375. The maximum Gasteiger partial charge on any atom is 0.305 e. The van der Waals surface area contributed by atoms with E-state index in [1.54, 1.807) is 18.2 Å². The number of benzene rings is 1. The van der Waals surface area contributed by atoms with Gasteiger partial charge in [0.05, 0.1) is 12.0 Å². The highest BCUT2D eigenvalue weighted by molar-refractivity contribution is 5.92. The molecule has 1 aromatic rings. The van der Waals surface area contributed by atoms with E-state index in [0.29, 0.717) is 18.4 Å². The normalized spacial score (nSPS) is 17.0. The van der Waals surface area contributed by atoms with E-state index in [1.165, 1.54) is 18.2 Å². The third kappa shape index (κ3) is 4.41. The van der Waals surface area contributed by atoms with Gasteiger partial charge in [0.2, 0.25) is 5.91 Å². The fourth-order valence-electron chi connectivity index (χ4n) is 2.74. The first-order valence-corrected chi connectivity index (χ1v) is 6.97. The SMILES string of the molecule is O=C(O)CC1(NC(=O)C=Cc2ccc(F)cc2)CCCC1. The summed E-state index contributed by atoms with van der Waals surface area (Å²) in [7, 11) is 0. The molecule has 1 amide bonds. The Morgan fingerprint density at radius 2 is 1.86 bits per heavy atom. The molecular formula is C16H18FNO3. The number of carboxylic acids is 1. The molecule has 0 heterocycles. The molecule has 1 aliphatic carbocycles. The van der Waals surface area contributed by atoms with Crippen LogP contribution in [0.4, 0.5) is 4.39 Å². The predicted octanol–water partition coefficient (Wildman–Crippen LogP) is 2.74. The summed E-state index contributed by atoms with van der Waals surface area (Å²) in [5, 5.41) is 11.8. The van der Waals surface area contributed by atoms with Crippen LogP contribution >= 0.6 is 0 Å². The van der Waals surface area contributed by atoms with E-state index in [9.17, 15) is 14.0 Å². The van der Waals surface area contributed by atoms with Gasteiger partial charge in [0, 0.05) is 6.08 Å². The van der Waals surface area contributed by atoms with Crippen molar-refractivity contribution in [3.05, 3.63) is 41.7 Å². The topological polar surface area (TPSA) is 66.4 Å². The van der Waals surface area contributed by atoms with Gasteiger partial charge in [-0.3, -0.25) is 9.59 Å². The first kappa shape index (κ1) is 15.2. The predicted molar refractivity (Wildman–Crippen MR) is 77.0 cm³/mol. The average molecular weight is 291 g/mol. The summed E-state index contributed by atoms with van der Waals surface area (Å²) in [6.45, 7) is 0. The summed E-state index contributed by atoms with van der Waals surface area (Å²) < 4.78 is 12.8. The molecule has 2 rings (SSSR count). The number of nitrogens with one attached hydrogen (secondary N) is 1. The molecule has 1 saturated carbocycles. The van der Waals surface area contributed by atoms with Crippen LogP contribution in [0.15, 0.2) is 30.3 Å². The van der Waals surface area contributed by atoms with Crippen LogP contribution < -0.4 is 5.32 Å². The minimum absolute atomic E-state index is 0.0525. The van der Waals surface area contributed by atoms with Crippen LogP contribution in [0.5, 0.6) is 0 Å². The second-order valence-electron chi connectivity index (χ2n) is 5.43. The highest BCUT2D eigenvalue weighted by Gasteiger charge is 2.36. The molecular weight excluding hydrogens is 273 g/mol. The highest BCUT2D eigenvalue weighted by Crippen LogP contribution is 2.32. The molecule has 0 atom stereocenters. The number of carboxylic acid groups (broad SMARTS) is 1. The van der Waals surface area contributed by atoms with E-state index in [2.05, 4.69) is 5.32 Å². The maximum absolute atomic E-state index is 12.8. The fourth-order valence-corrected chi connectivity index (χ4v) is 2.74. The first-order valence-electron chi connectivity index (χ1n) is 6.97. The molecule has 0 bridgehead atoms. The molecule has 0 saturated heterocycles. The van der Waals surface area contributed by atoms with Crippen LogP contribution in [-0.2, 0) is 9.59 Å². The van der Waals surface area contributed by atoms with Crippen molar-refractivity contribution in [3.63, 3.8) is 0 Å². The Morgan fingerprint density at radius 1 is 1.24 bits per heavy atom. The standard InChI is InChI=1S/C16H18FNO3/c17-13-6-3-12(4-7-13)5-8-14(19)18-16(11-15(20)21)9-1-2-10-16/h3-8H,1-2,9-11H2,(H,18,19)(H,20,21). The largest absolute Gasteiger partial charge is 0.481 e. The quantitative estimate of drug-likeness (QED) is 0.820. The summed E-state index contributed by atoms with van der Waals surface area (Å²) in [5.74, 6) is -1.55. The van der Waals surface area contributed by atoms with E-state index in [-0.39, 0.29) is 18.1 Å². The molecule has 5 heteroatoms. The molecule has 1 fully saturated rings. The van der Waals surface area contributed by atoms with Crippen LogP contribution in [0.25, 0.3) is 6.08 Å². The van der Waals surface area contributed by atoms with Gasteiger partial charge >= 0.3 is 5.97 Å². The van der Waals surface area contributed by atoms with Gasteiger partial charge in [-0.05, 0) is 36.6 Å². The van der Waals surface area contributed by atoms with Crippen molar-refractivity contribution < 1.29 is 19.1 Å². The van der Waals surface area contributed by atoms with Crippen molar-refractivity contribution >= 4 is 18.0 Å². The average Bonchev–Trinajstić information content (AvgIpc) is 2.85. The van der Waals surface area contributed by atoms with Crippen LogP contribution in [0, 0.1) is 5.82 Å². The third-order valence-corrected chi connectivity index (χ3v) is 3.74. The molecule has 1 aromatic carbocycles. The molecule has 2 N–H and O–H groups in total. The summed E-state index contributed by atoms with van der Waals surface area (Å²) in [4.78, 5) is 22.9. The lowest BCUT2D eigenvalue weighted by Crippen LogP contribution is -2.47. The Balaban J connectivity index is 1.99. The smallest absolute Gasteiger partial charge is 0.305 e. The monoisotopic (exact) mass is 291 g/mol. The lowest BCUT2D eigenvalue weighted by Gasteiger charge is -2.28. The molecule has 1 aliphatic rings. The Labute approximate surface area is 122 Å². The second-order valence-corrected chi connectivity index (χ2v) is 5.43. The van der Waals surface area contributed by atoms with Crippen LogP contribution in [0.3, 0.4) is 0 Å². The van der Waals surface area contributed by atoms with Crippen molar-refractivity contribution in [2.45, 2.75) is 37.6 Å². The van der Waals surface area contributed by atoms with Gasteiger partial charge in [0.15, 0.2) is 0 Å². The van der Waals surface area contributed by atoms with E-state index in [1.807, 2.05) is 0 Å². The Hall–Kier alpha value is -2.17. The number of halogens is 1. The molecule has 0 aromatic heterocycles. The molecule has 21 heavy (non-hydrogen) atoms. The lowest BCUT2D eigenvalue weighted by atomic mass is 9.93. The number of rotatable bonds is 5. The van der Waals surface area contributed by atoms with Crippen molar-refractivity contribution in [1.29, 1.82) is 0 Å². The number of hydrogen-bond acceptors (Lipinski definition) is 2. The molecule has 0 spiro atoms. The summed E-state index contributed by atoms with van der Waals surface area (Å²) >= 11 is 0. The van der Waals surface area contributed by atoms with Gasteiger partial charge in [0.1, 0.15) is 5.82 Å². The first-order chi connectivity index (χ1) is 9.99. The number of carbonyl (C=O) groups excluding carboxylic acids is 1. The minimum Gasteiger partial charge on any atom is -0.481 e. The molecule has 112 valence electrons. The van der Waals surface area contributed by atoms with Gasteiger partial charge in [-0.1, -0.05) is 25.0 Å². The molecule has 0 unspecified atom stereocenters. The highest BCUT2D eigenvalue weighted by atomic mass is 19.1. The Bertz CT molecular complexity index is 545. The van der Waals surface area contributed by atoms with Crippen LogP contribution in [-0.4, -0.2) is 22.5 Å². The number of aliphatic carboxylic acids is 1. The summed E-state index contributed by atoms with van der Waals surface area (Å²) in [5.41, 5.74) is 0.0843. The minimum atomic E-state index is -0.903. The number of amides is 1. The number of carbonyl (C=O) groups is 2. The third-order valence-electron chi connectivity index (χ3n) is 3.74. The van der Waals surface area contributed by atoms with Gasteiger partial charge in [-0.2, -0.15) is 0 Å². The zero-order valence-electron chi connectivity index (χ0n) is 11.6. The van der Waals surface area contributed by atoms with Gasteiger partial charge < -0.3 is 10.4 Å². The van der Waals surface area contributed by atoms with Crippen molar-refractivity contribution in [1.82, 2.24) is 5.32 Å². The van der Waals surface area contributed by atoms with Crippen molar-refractivity contribution in [2.24, 2.45) is 0 Å². The van der Waals surface area contributed by atoms with Crippen molar-refractivity contribution in [2.75, 3.05) is 0 Å². The second kappa shape index (κ2) is 6.52. The Kier molecular flexibility index (Phi) is 4.73. The van der Waals surface area contributed by atoms with Gasteiger partial charge in [-0.25, -0.2) is 4.39 Å². The maximum atomic E-state index is 12.8. The van der Waals surface area contributed by atoms with E-state index < -0.39 is 11.5 Å². The van der Waals surface area contributed by atoms with E-state index in [0.717, 1.165) is 12.8 Å². The Morgan fingerprint density at radius 3 is 2.43 bits per heavy atom. The van der Waals surface area contributed by atoms with Gasteiger partial charge in [0.25, 0.3) is 0 Å². The number of hydrogen-bond donors (Lipinski definition) is 2. The zero-order chi connectivity index (χ0) is 15.3. The summed E-state index contributed by atoms with van der Waals surface area (Å²) in [6.07, 6.45) is 6.12. The molecule has 0 aliphatic heterocycles.